The first-order valence-electron chi connectivity index (χ1n) is 9.27. The van der Waals surface area contributed by atoms with Crippen LogP contribution in [0.1, 0.15) is 84.0 Å². The van der Waals surface area contributed by atoms with Crippen LogP contribution in [-0.4, -0.2) is 42.1 Å². The molecule has 1 heterocycles. The van der Waals surface area contributed by atoms with Crippen LogP contribution in [0.5, 0.6) is 0 Å². The number of aliphatic hydroxyl groups is 1. The van der Waals surface area contributed by atoms with E-state index in [-0.39, 0.29) is 0 Å². The minimum Gasteiger partial charge on any atom is -0.396 e. The highest BCUT2D eigenvalue weighted by Gasteiger charge is 2.15. The van der Waals surface area contributed by atoms with Crippen LogP contribution in [0.3, 0.4) is 0 Å². The van der Waals surface area contributed by atoms with Gasteiger partial charge in [0.2, 0.25) is 0 Å². The molecule has 3 heteroatoms. The Balaban J connectivity index is 1.89. The molecule has 0 spiro atoms. The lowest BCUT2D eigenvalue weighted by Crippen LogP contribution is -2.29. The quantitative estimate of drug-likeness (QED) is 0.482. The van der Waals surface area contributed by atoms with Crippen molar-refractivity contribution < 1.29 is 5.11 Å². The molecular weight excluding hydrogens is 260 g/mol. The third kappa shape index (κ3) is 9.13. The van der Waals surface area contributed by atoms with E-state index in [9.17, 15) is 0 Å². The minimum absolute atomic E-state index is 0.294. The zero-order chi connectivity index (χ0) is 15.2. The first-order chi connectivity index (χ1) is 10.4. The van der Waals surface area contributed by atoms with Gasteiger partial charge < -0.3 is 10.0 Å². The third-order valence-corrected chi connectivity index (χ3v) is 4.37. The topological polar surface area (TPSA) is 35.8 Å². The molecule has 3 nitrogen and oxygen atoms in total. The molecule has 0 saturated heterocycles. The van der Waals surface area contributed by atoms with Gasteiger partial charge in [-0.1, -0.05) is 64.7 Å². The molecule has 0 atom stereocenters. The van der Waals surface area contributed by atoms with Gasteiger partial charge in [0.15, 0.2) is 0 Å². The molecule has 0 amide bonds. The molecule has 1 rings (SSSR count). The van der Waals surface area contributed by atoms with Gasteiger partial charge in [0.25, 0.3) is 0 Å². The van der Waals surface area contributed by atoms with Crippen molar-refractivity contribution >= 4 is 5.84 Å². The SMILES string of the molecule is CCCCCCCCCCCCC1=NCCN1CCCO. The summed E-state index contributed by atoms with van der Waals surface area (Å²) in [5, 5.41) is 8.91. The van der Waals surface area contributed by atoms with Crippen molar-refractivity contribution in [2.75, 3.05) is 26.2 Å². The fourth-order valence-corrected chi connectivity index (χ4v) is 3.04. The number of hydrogen-bond donors (Lipinski definition) is 1. The molecule has 0 saturated carbocycles. The second-order valence-electron chi connectivity index (χ2n) is 6.29. The molecule has 21 heavy (non-hydrogen) atoms. The van der Waals surface area contributed by atoms with Crippen molar-refractivity contribution in [1.82, 2.24) is 4.90 Å². The van der Waals surface area contributed by atoms with Crippen molar-refractivity contribution in [3.8, 4) is 0 Å². The van der Waals surface area contributed by atoms with Crippen LogP contribution >= 0.6 is 0 Å². The number of hydrogen-bond acceptors (Lipinski definition) is 3. The van der Waals surface area contributed by atoms with E-state index in [1.165, 1.54) is 70.0 Å². The van der Waals surface area contributed by atoms with E-state index in [1.54, 1.807) is 0 Å². The Bertz CT molecular complexity index is 266. The van der Waals surface area contributed by atoms with Gasteiger partial charge in [0.1, 0.15) is 0 Å². The normalized spacial score (nSPS) is 14.8. The molecule has 0 unspecified atom stereocenters. The summed E-state index contributed by atoms with van der Waals surface area (Å²) in [4.78, 5) is 6.97. The summed E-state index contributed by atoms with van der Waals surface area (Å²) in [7, 11) is 0. The highest BCUT2D eigenvalue weighted by atomic mass is 16.3. The predicted molar refractivity (Wildman–Crippen MR) is 92.0 cm³/mol. The van der Waals surface area contributed by atoms with E-state index in [4.69, 9.17) is 5.11 Å². The molecule has 0 fully saturated rings. The lowest BCUT2D eigenvalue weighted by atomic mass is 10.1. The van der Waals surface area contributed by atoms with E-state index in [0.29, 0.717) is 6.61 Å². The molecule has 0 aromatic heterocycles. The molecule has 124 valence electrons. The number of nitrogens with zero attached hydrogens (tertiary/aromatic N) is 2. The lowest BCUT2D eigenvalue weighted by molar-refractivity contribution is 0.269. The van der Waals surface area contributed by atoms with Crippen LogP contribution in [0.2, 0.25) is 0 Å². The van der Waals surface area contributed by atoms with E-state index < -0.39 is 0 Å². The monoisotopic (exact) mass is 296 g/mol. The predicted octanol–water partition coefficient (Wildman–Crippen LogP) is 4.39. The van der Waals surface area contributed by atoms with E-state index in [2.05, 4.69) is 16.8 Å². The Kier molecular flexibility index (Phi) is 11.5. The molecule has 0 aromatic carbocycles. The minimum atomic E-state index is 0.294. The Morgan fingerprint density at radius 2 is 1.52 bits per heavy atom. The average Bonchev–Trinajstić information content (AvgIpc) is 2.94. The van der Waals surface area contributed by atoms with E-state index in [0.717, 1.165) is 32.5 Å². The van der Waals surface area contributed by atoms with Crippen molar-refractivity contribution in [1.29, 1.82) is 0 Å². The Morgan fingerprint density at radius 1 is 0.905 bits per heavy atom. The number of aliphatic imine (C=N–C) groups is 1. The standard InChI is InChI=1S/C18H36N2O/c1-2-3-4-5-6-7-8-9-10-11-13-18-19-14-16-20(18)15-12-17-21/h21H,2-17H2,1H3. The van der Waals surface area contributed by atoms with Crippen LogP contribution in [-0.2, 0) is 0 Å². The molecule has 1 aliphatic heterocycles. The zero-order valence-electron chi connectivity index (χ0n) is 14.2. The molecule has 0 bridgehead atoms. The largest absolute Gasteiger partial charge is 0.396 e. The first-order valence-corrected chi connectivity index (χ1v) is 9.27. The Hall–Kier alpha value is -0.570. The second kappa shape index (κ2) is 13.1. The van der Waals surface area contributed by atoms with Crippen molar-refractivity contribution in [2.24, 2.45) is 4.99 Å². The van der Waals surface area contributed by atoms with Crippen molar-refractivity contribution in [3.05, 3.63) is 0 Å². The van der Waals surface area contributed by atoms with Gasteiger partial charge in [-0.2, -0.15) is 0 Å². The summed E-state index contributed by atoms with van der Waals surface area (Å²) >= 11 is 0. The van der Waals surface area contributed by atoms with Crippen molar-refractivity contribution in [3.63, 3.8) is 0 Å². The van der Waals surface area contributed by atoms with Crippen LogP contribution in [0.15, 0.2) is 4.99 Å². The van der Waals surface area contributed by atoms with Crippen LogP contribution in [0.25, 0.3) is 0 Å². The molecular formula is C18H36N2O. The summed E-state index contributed by atoms with van der Waals surface area (Å²) in [5.41, 5.74) is 0. The number of rotatable bonds is 14. The van der Waals surface area contributed by atoms with Crippen LogP contribution < -0.4 is 0 Å². The summed E-state index contributed by atoms with van der Waals surface area (Å²) in [6.45, 7) is 5.57. The highest BCUT2D eigenvalue weighted by Crippen LogP contribution is 2.13. The van der Waals surface area contributed by atoms with Gasteiger partial charge in [-0.25, -0.2) is 0 Å². The maximum absolute atomic E-state index is 8.91. The highest BCUT2D eigenvalue weighted by molar-refractivity contribution is 5.83. The molecule has 0 aliphatic carbocycles. The maximum Gasteiger partial charge on any atom is 0.0990 e. The van der Waals surface area contributed by atoms with Crippen LogP contribution in [0, 0.1) is 0 Å². The second-order valence-corrected chi connectivity index (χ2v) is 6.29. The van der Waals surface area contributed by atoms with Crippen molar-refractivity contribution in [2.45, 2.75) is 84.0 Å². The van der Waals surface area contributed by atoms with Gasteiger partial charge in [0.05, 0.1) is 12.4 Å². The summed E-state index contributed by atoms with van der Waals surface area (Å²) in [5.74, 6) is 1.29. The third-order valence-electron chi connectivity index (χ3n) is 4.37. The summed E-state index contributed by atoms with van der Waals surface area (Å²) < 4.78 is 0. The Labute approximate surface area is 131 Å². The number of unbranched alkanes of at least 4 members (excludes halogenated alkanes) is 9. The molecule has 0 aromatic rings. The number of aliphatic hydroxyl groups excluding tert-OH is 1. The molecule has 0 radical (unpaired) electrons. The Morgan fingerprint density at radius 3 is 2.14 bits per heavy atom. The lowest BCUT2D eigenvalue weighted by Gasteiger charge is -2.19. The number of amidine groups is 1. The van der Waals surface area contributed by atoms with Gasteiger partial charge >= 0.3 is 0 Å². The average molecular weight is 296 g/mol. The summed E-state index contributed by atoms with van der Waals surface area (Å²) in [6, 6.07) is 0. The van der Waals surface area contributed by atoms with Crippen LogP contribution in [0.4, 0.5) is 0 Å². The fraction of sp³-hybridized carbons (Fsp3) is 0.944. The van der Waals surface area contributed by atoms with E-state index in [1.807, 2.05) is 0 Å². The molecule has 1 N–H and O–H groups in total. The smallest absolute Gasteiger partial charge is 0.0990 e. The first kappa shape index (κ1) is 18.5. The summed E-state index contributed by atoms with van der Waals surface area (Å²) in [6.07, 6.45) is 15.9. The van der Waals surface area contributed by atoms with E-state index >= 15 is 0 Å². The van der Waals surface area contributed by atoms with Gasteiger partial charge in [0, 0.05) is 26.1 Å². The van der Waals surface area contributed by atoms with Gasteiger partial charge in [-0.3, -0.25) is 4.99 Å². The van der Waals surface area contributed by atoms with Gasteiger partial charge in [-0.15, -0.1) is 0 Å². The zero-order valence-corrected chi connectivity index (χ0v) is 14.2. The maximum atomic E-state index is 8.91. The fourth-order valence-electron chi connectivity index (χ4n) is 3.04. The van der Waals surface area contributed by atoms with Gasteiger partial charge in [-0.05, 0) is 12.8 Å². The molecule has 1 aliphatic rings.